The van der Waals surface area contributed by atoms with Crippen LogP contribution in [0.3, 0.4) is 0 Å². The van der Waals surface area contributed by atoms with Gasteiger partial charge in [-0.1, -0.05) is 18.6 Å². The smallest absolute Gasteiger partial charge is 0.162 e. The summed E-state index contributed by atoms with van der Waals surface area (Å²) in [5, 5.41) is 10.8. The molecule has 0 amide bonds. The van der Waals surface area contributed by atoms with E-state index in [1.165, 1.54) is 6.92 Å². The first-order valence-corrected chi connectivity index (χ1v) is 8.72. The molecule has 0 spiro atoms. The minimum Gasteiger partial charge on any atom is -0.389 e. The second-order valence-corrected chi connectivity index (χ2v) is 8.47. The second kappa shape index (κ2) is 5.43. The molecule has 1 aromatic rings. The average molecular weight is 314 g/mol. The highest BCUT2D eigenvalue weighted by Gasteiger charge is 2.45. The molecule has 2 atom stereocenters. The second-order valence-electron chi connectivity index (χ2n) is 6.48. The molecule has 116 valence electrons. The van der Waals surface area contributed by atoms with Crippen LogP contribution >= 0.6 is 0 Å². The molecule has 2 aliphatic rings. The summed E-state index contributed by atoms with van der Waals surface area (Å²) in [7, 11) is -0.882. The summed E-state index contributed by atoms with van der Waals surface area (Å²) >= 11 is 0. The highest BCUT2D eigenvalue weighted by Crippen LogP contribution is 2.41. The normalized spacial score (nSPS) is 35.7. The molecule has 0 aliphatic carbocycles. The van der Waals surface area contributed by atoms with Gasteiger partial charge >= 0.3 is 0 Å². The Morgan fingerprint density at radius 2 is 1.86 bits per heavy atom. The Morgan fingerprint density at radius 3 is 2.48 bits per heavy atom. The minimum atomic E-state index is -1.06. The molecule has 2 saturated heterocycles. The third-order valence-corrected chi connectivity index (χ3v) is 6.92. The SMILES string of the molecule is Cc1ccc(CC2(O)CC3CCCC(C2)S3=O)c(F)c1F. The Hall–Kier alpha value is -0.810. The number of aliphatic hydroxyl groups is 1. The van der Waals surface area contributed by atoms with Crippen LogP contribution in [0.15, 0.2) is 12.1 Å². The van der Waals surface area contributed by atoms with E-state index < -0.39 is 28.0 Å². The number of rotatable bonds is 2. The highest BCUT2D eigenvalue weighted by atomic mass is 32.2. The largest absolute Gasteiger partial charge is 0.389 e. The first-order chi connectivity index (χ1) is 9.89. The third-order valence-electron chi connectivity index (χ3n) is 4.80. The van der Waals surface area contributed by atoms with Gasteiger partial charge in [0, 0.05) is 27.7 Å². The van der Waals surface area contributed by atoms with Gasteiger partial charge in [-0.05, 0) is 43.7 Å². The molecule has 2 unspecified atom stereocenters. The van der Waals surface area contributed by atoms with Crippen LogP contribution in [0.25, 0.3) is 0 Å². The fourth-order valence-electron chi connectivity index (χ4n) is 3.70. The van der Waals surface area contributed by atoms with Crippen molar-refractivity contribution in [3.63, 3.8) is 0 Å². The van der Waals surface area contributed by atoms with Crippen molar-refractivity contribution in [1.29, 1.82) is 0 Å². The van der Waals surface area contributed by atoms with Gasteiger partial charge < -0.3 is 5.11 Å². The first kappa shape index (κ1) is 15.1. The molecule has 21 heavy (non-hydrogen) atoms. The van der Waals surface area contributed by atoms with Gasteiger partial charge in [0.15, 0.2) is 11.6 Å². The Balaban J connectivity index is 1.84. The van der Waals surface area contributed by atoms with Crippen molar-refractivity contribution < 1.29 is 18.1 Å². The van der Waals surface area contributed by atoms with Crippen molar-refractivity contribution in [2.75, 3.05) is 0 Å². The summed E-state index contributed by atoms with van der Waals surface area (Å²) in [5.74, 6) is -1.70. The number of hydrogen-bond donors (Lipinski definition) is 1. The number of fused-ring (bicyclic) bond motifs is 2. The van der Waals surface area contributed by atoms with Crippen LogP contribution in [0.4, 0.5) is 8.78 Å². The number of halogens is 2. The van der Waals surface area contributed by atoms with E-state index >= 15 is 0 Å². The fraction of sp³-hybridized carbons (Fsp3) is 0.625. The molecule has 3 rings (SSSR count). The maximum atomic E-state index is 14.0. The van der Waals surface area contributed by atoms with E-state index in [4.69, 9.17) is 0 Å². The summed E-state index contributed by atoms with van der Waals surface area (Å²) in [6.07, 6.45) is 3.70. The van der Waals surface area contributed by atoms with Crippen LogP contribution in [0, 0.1) is 18.6 Å². The van der Waals surface area contributed by atoms with E-state index in [0.717, 1.165) is 19.3 Å². The number of aryl methyl sites for hydroxylation is 1. The van der Waals surface area contributed by atoms with Crippen molar-refractivity contribution in [3.8, 4) is 0 Å². The summed E-state index contributed by atoms with van der Waals surface area (Å²) in [4.78, 5) is 0. The van der Waals surface area contributed by atoms with Crippen LogP contribution in [0.2, 0.25) is 0 Å². The van der Waals surface area contributed by atoms with Crippen LogP contribution in [0.5, 0.6) is 0 Å². The van der Waals surface area contributed by atoms with Gasteiger partial charge in [0.1, 0.15) is 0 Å². The molecular formula is C16H20F2O2S. The molecule has 1 aromatic carbocycles. The summed E-state index contributed by atoms with van der Waals surface area (Å²) in [5.41, 5.74) is -0.581. The summed E-state index contributed by atoms with van der Waals surface area (Å²) < 4.78 is 39.8. The zero-order valence-electron chi connectivity index (χ0n) is 12.1. The molecule has 0 aromatic heterocycles. The van der Waals surface area contributed by atoms with Crippen molar-refractivity contribution in [2.45, 2.75) is 61.5 Å². The quantitative estimate of drug-likeness (QED) is 0.911. The standard InChI is InChI=1S/C16H20F2O2S/c1-10-5-6-11(15(18)14(10)17)7-16(19)8-12-3-2-4-13(9-16)21(12)20/h5-6,12-13,19H,2-4,7-9H2,1H3. The van der Waals surface area contributed by atoms with Gasteiger partial charge in [-0.15, -0.1) is 0 Å². The van der Waals surface area contributed by atoms with E-state index in [1.807, 2.05) is 0 Å². The van der Waals surface area contributed by atoms with Crippen molar-refractivity contribution in [3.05, 3.63) is 34.9 Å². The first-order valence-electron chi connectivity index (χ1n) is 7.45. The van der Waals surface area contributed by atoms with Crippen LogP contribution in [-0.2, 0) is 17.2 Å². The van der Waals surface area contributed by atoms with Crippen LogP contribution in [0.1, 0.15) is 43.2 Å². The van der Waals surface area contributed by atoms with Gasteiger partial charge in [-0.2, -0.15) is 0 Å². The van der Waals surface area contributed by atoms with Crippen molar-refractivity contribution in [1.82, 2.24) is 0 Å². The van der Waals surface area contributed by atoms with Gasteiger partial charge in [0.25, 0.3) is 0 Å². The molecule has 0 saturated carbocycles. The van der Waals surface area contributed by atoms with Crippen molar-refractivity contribution >= 4 is 10.8 Å². The predicted octanol–water partition coefficient (Wildman–Crippen LogP) is 3.01. The van der Waals surface area contributed by atoms with Gasteiger partial charge in [0.05, 0.1) is 5.60 Å². The zero-order valence-corrected chi connectivity index (χ0v) is 12.9. The average Bonchev–Trinajstić information content (AvgIpc) is 2.42. The maximum Gasteiger partial charge on any atom is 0.162 e. The highest BCUT2D eigenvalue weighted by molar-refractivity contribution is 7.86. The van der Waals surface area contributed by atoms with Crippen LogP contribution in [-0.4, -0.2) is 25.4 Å². The lowest BCUT2D eigenvalue weighted by atomic mass is 9.81. The molecule has 2 heterocycles. The van der Waals surface area contributed by atoms with E-state index in [1.54, 1.807) is 12.1 Å². The summed E-state index contributed by atoms with van der Waals surface area (Å²) in [6.45, 7) is 1.52. The van der Waals surface area contributed by atoms with E-state index in [9.17, 15) is 18.1 Å². The molecular weight excluding hydrogens is 294 g/mol. The van der Waals surface area contributed by atoms with E-state index in [0.29, 0.717) is 12.8 Å². The van der Waals surface area contributed by atoms with Gasteiger partial charge in [-0.25, -0.2) is 8.78 Å². The lowest BCUT2D eigenvalue weighted by molar-refractivity contribution is 0.0106. The Labute approximate surface area is 126 Å². The Kier molecular flexibility index (Phi) is 3.91. The lowest BCUT2D eigenvalue weighted by Gasteiger charge is -2.43. The Bertz CT molecular complexity index is 572. The molecule has 2 aliphatic heterocycles. The molecule has 2 bridgehead atoms. The molecule has 2 nitrogen and oxygen atoms in total. The zero-order chi connectivity index (χ0) is 15.2. The molecule has 2 fully saturated rings. The predicted molar refractivity (Wildman–Crippen MR) is 78.6 cm³/mol. The minimum absolute atomic E-state index is 0.000793. The van der Waals surface area contributed by atoms with E-state index in [2.05, 4.69) is 0 Å². The monoisotopic (exact) mass is 314 g/mol. The van der Waals surface area contributed by atoms with Gasteiger partial charge in [0.2, 0.25) is 0 Å². The topological polar surface area (TPSA) is 37.3 Å². The lowest BCUT2D eigenvalue weighted by Crippen LogP contribution is -2.50. The fourth-order valence-corrected chi connectivity index (χ4v) is 5.99. The number of hydrogen-bond acceptors (Lipinski definition) is 2. The number of benzene rings is 1. The summed E-state index contributed by atoms with van der Waals surface area (Å²) in [6, 6.07) is 3.09. The Morgan fingerprint density at radius 1 is 1.24 bits per heavy atom. The third kappa shape index (κ3) is 2.78. The van der Waals surface area contributed by atoms with Crippen LogP contribution < -0.4 is 0 Å². The molecule has 0 radical (unpaired) electrons. The van der Waals surface area contributed by atoms with E-state index in [-0.39, 0.29) is 28.0 Å². The molecule has 1 N–H and O–H groups in total. The van der Waals surface area contributed by atoms with Crippen molar-refractivity contribution in [2.24, 2.45) is 0 Å². The van der Waals surface area contributed by atoms with Gasteiger partial charge in [-0.3, -0.25) is 4.21 Å². The molecule has 5 heteroatoms. The maximum absolute atomic E-state index is 14.0.